The van der Waals surface area contributed by atoms with Crippen LogP contribution in [-0.2, 0) is 13.0 Å². The van der Waals surface area contributed by atoms with Gasteiger partial charge < -0.3 is 14.3 Å². The predicted octanol–water partition coefficient (Wildman–Crippen LogP) is 2.28. The van der Waals surface area contributed by atoms with Crippen LogP contribution in [0.4, 0.5) is 0 Å². The van der Waals surface area contributed by atoms with Crippen LogP contribution in [0.1, 0.15) is 22.6 Å². The lowest BCUT2D eigenvalue weighted by Gasteiger charge is -2.24. The minimum atomic E-state index is -0.0531. The zero-order chi connectivity index (χ0) is 15.6. The molecule has 0 radical (unpaired) electrons. The Hall–Kier alpha value is -2.89. The molecule has 1 amide bonds. The van der Waals surface area contributed by atoms with Crippen molar-refractivity contribution in [3.05, 3.63) is 60.6 Å². The molecule has 0 unspecified atom stereocenters. The van der Waals surface area contributed by atoms with Gasteiger partial charge in [-0.15, -0.1) is 0 Å². The molecule has 1 aliphatic heterocycles. The number of fused-ring (bicyclic) bond motifs is 1. The van der Waals surface area contributed by atoms with E-state index in [-0.39, 0.29) is 11.9 Å². The molecule has 23 heavy (non-hydrogen) atoms. The van der Waals surface area contributed by atoms with E-state index in [1.54, 1.807) is 18.3 Å². The first kappa shape index (κ1) is 13.8. The van der Waals surface area contributed by atoms with Crippen LogP contribution in [0.3, 0.4) is 0 Å². The second-order valence-electron chi connectivity index (χ2n) is 5.65. The molecule has 0 aliphatic carbocycles. The van der Waals surface area contributed by atoms with Crippen LogP contribution in [0.25, 0.3) is 11.3 Å². The van der Waals surface area contributed by atoms with E-state index in [1.807, 2.05) is 24.5 Å². The third-order valence-electron chi connectivity index (χ3n) is 4.13. The molecule has 116 valence electrons. The molecule has 1 N–H and O–H groups in total. The molecule has 1 atom stereocenters. The van der Waals surface area contributed by atoms with Crippen molar-refractivity contribution >= 4 is 5.91 Å². The highest BCUT2D eigenvalue weighted by atomic mass is 16.3. The van der Waals surface area contributed by atoms with Gasteiger partial charge >= 0.3 is 0 Å². The van der Waals surface area contributed by atoms with Gasteiger partial charge in [0.15, 0.2) is 12.2 Å². The number of aromatic nitrogens is 3. The Bertz CT molecular complexity index is 806. The van der Waals surface area contributed by atoms with E-state index in [9.17, 15) is 4.79 Å². The normalized spacial score (nSPS) is 16.8. The minimum absolute atomic E-state index is 0.0531. The Balaban J connectivity index is 1.43. The maximum atomic E-state index is 12.4. The maximum absolute atomic E-state index is 12.4. The first-order valence-corrected chi connectivity index (χ1v) is 7.59. The van der Waals surface area contributed by atoms with Crippen LogP contribution >= 0.6 is 0 Å². The van der Waals surface area contributed by atoms with Crippen LogP contribution in [0.15, 0.2) is 53.7 Å². The van der Waals surface area contributed by atoms with Crippen LogP contribution in [0.2, 0.25) is 0 Å². The maximum Gasteiger partial charge on any atom is 0.251 e. The Labute approximate surface area is 133 Å². The van der Waals surface area contributed by atoms with Crippen molar-refractivity contribution in [1.29, 1.82) is 0 Å². The zero-order valence-electron chi connectivity index (χ0n) is 12.5. The molecule has 3 aromatic rings. The molecular weight excluding hydrogens is 292 g/mol. The molecule has 6 nitrogen and oxygen atoms in total. The smallest absolute Gasteiger partial charge is 0.251 e. The van der Waals surface area contributed by atoms with Gasteiger partial charge in [0.1, 0.15) is 5.82 Å². The lowest BCUT2D eigenvalue weighted by atomic mass is 10.1. The van der Waals surface area contributed by atoms with E-state index in [0.29, 0.717) is 11.3 Å². The van der Waals surface area contributed by atoms with Crippen LogP contribution in [0.5, 0.6) is 0 Å². The van der Waals surface area contributed by atoms with Gasteiger partial charge in [-0.2, -0.15) is 0 Å². The fourth-order valence-corrected chi connectivity index (χ4v) is 2.90. The van der Waals surface area contributed by atoms with E-state index in [4.69, 9.17) is 4.42 Å². The number of hydrogen-bond acceptors (Lipinski definition) is 4. The number of carbonyl (C=O) groups is 1. The van der Waals surface area contributed by atoms with Gasteiger partial charge in [0.25, 0.3) is 5.91 Å². The zero-order valence-corrected chi connectivity index (χ0v) is 12.5. The highest BCUT2D eigenvalue weighted by Gasteiger charge is 2.20. The van der Waals surface area contributed by atoms with Gasteiger partial charge in [-0.1, -0.05) is 12.1 Å². The number of nitrogens with one attached hydrogen (secondary N) is 1. The van der Waals surface area contributed by atoms with E-state index in [1.165, 1.54) is 6.39 Å². The molecule has 6 heteroatoms. The molecular formula is C17H16N4O2. The third-order valence-corrected chi connectivity index (χ3v) is 4.13. The number of nitrogens with zero attached hydrogens (tertiary/aromatic N) is 3. The Kier molecular flexibility index (Phi) is 3.42. The monoisotopic (exact) mass is 308 g/mol. The van der Waals surface area contributed by atoms with Crippen molar-refractivity contribution in [1.82, 2.24) is 19.9 Å². The highest BCUT2D eigenvalue weighted by Crippen LogP contribution is 2.19. The minimum Gasteiger partial charge on any atom is -0.444 e. The molecule has 0 saturated heterocycles. The van der Waals surface area contributed by atoms with Gasteiger partial charge in [-0.3, -0.25) is 4.79 Å². The number of imidazole rings is 1. The Morgan fingerprint density at radius 2 is 2.17 bits per heavy atom. The number of aryl methyl sites for hydroxylation is 1. The third kappa shape index (κ3) is 2.75. The first-order chi connectivity index (χ1) is 11.3. The van der Waals surface area contributed by atoms with Gasteiger partial charge in [-0.25, -0.2) is 9.97 Å². The highest BCUT2D eigenvalue weighted by molar-refractivity contribution is 5.94. The van der Waals surface area contributed by atoms with Gasteiger partial charge in [0.2, 0.25) is 0 Å². The molecule has 1 aromatic carbocycles. The van der Waals surface area contributed by atoms with Crippen molar-refractivity contribution in [2.24, 2.45) is 0 Å². The summed E-state index contributed by atoms with van der Waals surface area (Å²) in [4.78, 5) is 20.6. The lowest BCUT2D eigenvalue weighted by molar-refractivity contribution is 0.0927. The quantitative estimate of drug-likeness (QED) is 0.805. The summed E-state index contributed by atoms with van der Waals surface area (Å²) in [6.45, 7) is 0.775. The summed E-state index contributed by atoms with van der Waals surface area (Å²) in [5, 5.41) is 3.10. The van der Waals surface area contributed by atoms with Crippen LogP contribution < -0.4 is 5.32 Å². The second kappa shape index (κ2) is 5.72. The van der Waals surface area contributed by atoms with Crippen molar-refractivity contribution in [3.63, 3.8) is 0 Å². The van der Waals surface area contributed by atoms with E-state index >= 15 is 0 Å². The SMILES string of the molecule is O=C(N[C@@H]1CCc2nccn2C1)c1ccc(-c2cnco2)cc1. The summed E-state index contributed by atoms with van der Waals surface area (Å²) in [7, 11) is 0. The van der Waals surface area contributed by atoms with E-state index in [0.717, 1.165) is 30.8 Å². The topological polar surface area (TPSA) is 73.0 Å². The summed E-state index contributed by atoms with van der Waals surface area (Å²) >= 11 is 0. The van der Waals surface area contributed by atoms with Gasteiger partial charge in [0, 0.05) is 42.5 Å². The van der Waals surface area contributed by atoms with E-state index < -0.39 is 0 Å². The fraction of sp³-hybridized carbons (Fsp3) is 0.235. The van der Waals surface area contributed by atoms with Crippen LogP contribution in [-0.4, -0.2) is 26.5 Å². The standard InChI is InChI=1S/C17H16N4O2/c22-17(20-14-5-6-16-19-7-8-21(16)10-14)13-3-1-12(2-4-13)15-9-18-11-23-15/h1-4,7-9,11,14H,5-6,10H2,(H,20,22)/t14-/m1/s1. The summed E-state index contributed by atoms with van der Waals surface area (Å²) in [5.74, 6) is 1.73. The molecule has 2 aromatic heterocycles. The summed E-state index contributed by atoms with van der Waals surface area (Å²) in [6, 6.07) is 7.48. The largest absolute Gasteiger partial charge is 0.444 e. The van der Waals surface area contributed by atoms with Gasteiger partial charge in [-0.05, 0) is 18.6 Å². The summed E-state index contributed by atoms with van der Waals surface area (Å²) in [6.07, 6.45) is 8.62. The first-order valence-electron chi connectivity index (χ1n) is 7.59. The number of rotatable bonds is 3. The van der Waals surface area contributed by atoms with Crippen LogP contribution in [0, 0.1) is 0 Å². The average Bonchev–Trinajstić information content (AvgIpc) is 3.26. The van der Waals surface area contributed by atoms with Crippen molar-refractivity contribution in [2.75, 3.05) is 0 Å². The molecule has 3 heterocycles. The van der Waals surface area contributed by atoms with Crippen molar-refractivity contribution < 1.29 is 9.21 Å². The number of benzene rings is 1. The lowest BCUT2D eigenvalue weighted by Crippen LogP contribution is -2.40. The molecule has 0 bridgehead atoms. The summed E-state index contributed by atoms with van der Waals surface area (Å²) in [5.41, 5.74) is 1.55. The predicted molar refractivity (Wildman–Crippen MR) is 83.7 cm³/mol. The molecule has 0 saturated carbocycles. The molecule has 0 fully saturated rings. The Morgan fingerprint density at radius 1 is 1.30 bits per heavy atom. The van der Waals surface area contributed by atoms with E-state index in [2.05, 4.69) is 19.9 Å². The number of amides is 1. The number of hydrogen-bond donors (Lipinski definition) is 1. The Morgan fingerprint density at radius 3 is 2.96 bits per heavy atom. The van der Waals surface area contributed by atoms with Crippen molar-refractivity contribution in [2.45, 2.75) is 25.4 Å². The second-order valence-corrected chi connectivity index (χ2v) is 5.65. The average molecular weight is 308 g/mol. The van der Waals surface area contributed by atoms with Crippen molar-refractivity contribution in [3.8, 4) is 11.3 Å². The van der Waals surface area contributed by atoms with Gasteiger partial charge in [0.05, 0.1) is 6.20 Å². The molecule has 0 spiro atoms. The number of oxazole rings is 1. The molecule has 1 aliphatic rings. The summed E-state index contributed by atoms with van der Waals surface area (Å²) < 4.78 is 7.35. The molecule has 4 rings (SSSR count). The fourth-order valence-electron chi connectivity index (χ4n) is 2.90. The number of carbonyl (C=O) groups excluding carboxylic acids is 1.